The first-order valence-corrected chi connectivity index (χ1v) is 38.0. The number of carbonyl (C=O) groups excluding carboxylic acids is 2. The molecule has 1 saturated heterocycles. The maximum atomic E-state index is 13.5. The molecule has 532 valence electrons. The van der Waals surface area contributed by atoms with E-state index in [2.05, 4.69) is 148 Å². The highest BCUT2D eigenvalue weighted by atomic mass is 16.7. The molecule has 0 aliphatic carbocycles. The number of unbranched alkanes of at least 4 members (excludes halogenated alkanes) is 30. The molecule has 0 bridgehead atoms. The van der Waals surface area contributed by atoms with Gasteiger partial charge in [-0.25, -0.2) is 0 Å². The van der Waals surface area contributed by atoms with Crippen LogP contribution >= 0.6 is 0 Å². The van der Waals surface area contributed by atoms with E-state index in [0.29, 0.717) is 12.8 Å². The number of carbonyl (C=O) groups is 2. The zero-order valence-electron chi connectivity index (χ0n) is 59.3. The summed E-state index contributed by atoms with van der Waals surface area (Å²) in [5.41, 5.74) is 0. The second kappa shape index (κ2) is 67.8. The standard InChI is InChI=1S/C82H139NO10/c1-4-7-10-13-16-19-22-25-27-29-31-33-35-37-39-40-42-44-46-48-51-54-57-60-63-66-69-75(86)81(90)83-73(74(85)68-65-62-59-56-53-50-24-21-18-15-12-9-6-3)72-91-82-80(79(89)78(88)76(71-84)92-82)93-77(87)70-67-64-61-58-55-52-49-47-45-43-41-38-36-34-32-30-28-26-23-20-17-14-11-8-5-2/h7-8,10-11,16-17,19-20,25-28,31-34,37-39,41,65,68,73-76,78-80,82,84-86,88-89H,4-6,9,12-15,18,21-24,29-30,35-36,40,42-64,66-67,69-72H2,1-3H3,(H,83,90)/b10-7-,11-8-,19-16-,20-17-,27-25-,28-26-,33-31-,34-32-,39-37-,41-38-,68-65+. The third-order valence-electron chi connectivity index (χ3n) is 17.0. The van der Waals surface area contributed by atoms with Gasteiger partial charge in [-0.15, -0.1) is 0 Å². The van der Waals surface area contributed by atoms with Gasteiger partial charge in [-0.05, 0) is 116 Å². The molecule has 0 aromatic rings. The molecule has 1 amide bonds. The third-order valence-corrected chi connectivity index (χ3v) is 17.0. The Morgan fingerprint density at radius 1 is 0.430 bits per heavy atom. The second-order valence-corrected chi connectivity index (χ2v) is 25.6. The lowest BCUT2D eigenvalue weighted by Gasteiger charge is -2.41. The average molecular weight is 1300 g/mol. The minimum absolute atomic E-state index is 0.110. The van der Waals surface area contributed by atoms with E-state index in [0.717, 1.165) is 141 Å². The summed E-state index contributed by atoms with van der Waals surface area (Å²) in [6.45, 7) is 5.59. The molecule has 11 heteroatoms. The van der Waals surface area contributed by atoms with Crippen LogP contribution in [-0.4, -0.2) is 99.6 Å². The Balaban J connectivity index is 2.56. The summed E-state index contributed by atoms with van der Waals surface area (Å²) < 4.78 is 17.7. The summed E-state index contributed by atoms with van der Waals surface area (Å²) in [7, 11) is 0. The van der Waals surface area contributed by atoms with Crippen molar-refractivity contribution in [1.29, 1.82) is 0 Å². The van der Waals surface area contributed by atoms with Crippen LogP contribution in [0.2, 0.25) is 0 Å². The van der Waals surface area contributed by atoms with Crippen molar-refractivity contribution in [2.45, 2.75) is 359 Å². The summed E-state index contributed by atoms with van der Waals surface area (Å²) in [6, 6.07) is -1.04. The van der Waals surface area contributed by atoms with Gasteiger partial charge in [-0.2, -0.15) is 0 Å². The van der Waals surface area contributed by atoms with Gasteiger partial charge < -0.3 is 45.1 Å². The van der Waals surface area contributed by atoms with Crippen LogP contribution in [-0.2, 0) is 23.8 Å². The van der Waals surface area contributed by atoms with Gasteiger partial charge in [0.25, 0.3) is 0 Å². The quantitative estimate of drug-likeness (QED) is 0.0195. The molecule has 1 aliphatic heterocycles. The van der Waals surface area contributed by atoms with Gasteiger partial charge in [0.05, 0.1) is 25.4 Å². The van der Waals surface area contributed by atoms with E-state index in [9.17, 15) is 35.1 Å². The Bertz CT molecular complexity index is 2030. The molecule has 1 rings (SSSR count). The number of hydrogen-bond acceptors (Lipinski definition) is 10. The van der Waals surface area contributed by atoms with Gasteiger partial charge >= 0.3 is 5.97 Å². The molecule has 93 heavy (non-hydrogen) atoms. The highest BCUT2D eigenvalue weighted by Gasteiger charge is 2.47. The van der Waals surface area contributed by atoms with Crippen LogP contribution in [0.4, 0.5) is 0 Å². The van der Waals surface area contributed by atoms with Crippen LogP contribution in [0.15, 0.2) is 134 Å². The van der Waals surface area contributed by atoms with E-state index in [1.54, 1.807) is 6.08 Å². The maximum absolute atomic E-state index is 13.5. The Labute approximate surface area is 569 Å². The fourth-order valence-electron chi connectivity index (χ4n) is 11.2. The molecule has 6 N–H and O–H groups in total. The minimum atomic E-state index is -1.63. The molecule has 1 aliphatic rings. The number of esters is 1. The van der Waals surface area contributed by atoms with E-state index in [4.69, 9.17) is 14.2 Å². The molecule has 0 aromatic carbocycles. The summed E-state index contributed by atoms with van der Waals surface area (Å²) >= 11 is 0. The van der Waals surface area contributed by atoms with Gasteiger partial charge in [0, 0.05) is 6.42 Å². The number of aliphatic hydroxyl groups is 5. The first-order valence-electron chi connectivity index (χ1n) is 38.0. The predicted molar refractivity (Wildman–Crippen MR) is 393 cm³/mol. The monoisotopic (exact) mass is 1300 g/mol. The Morgan fingerprint density at radius 2 is 0.774 bits per heavy atom. The number of amides is 1. The largest absolute Gasteiger partial charge is 0.454 e. The topological polar surface area (TPSA) is 175 Å². The highest BCUT2D eigenvalue weighted by Crippen LogP contribution is 2.26. The van der Waals surface area contributed by atoms with Crippen LogP contribution in [0.3, 0.4) is 0 Å². The average Bonchev–Trinajstić information content (AvgIpc) is 0.910. The smallest absolute Gasteiger partial charge is 0.306 e. The minimum Gasteiger partial charge on any atom is -0.454 e. The fourth-order valence-corrected chi connectivity index (χ4v) is 11.2. The number of ether oxygens (including phenoxy) is 3. The molecular formula is C82H139NO10. The van der Waals surface area contributed by atoms with Crippen LogP contribution in [0.1, 0.15) is 310 Å². The Kier molecular flexibility index (Phi) is 63.3. The predicted octanol–water partition coefficient (Wildman–Crippen LogP) is 20.3. The summed E-state index contributed by atoms with van der Waals surface area (Å²) in [4.78, 5) is 26.8. The van der Waals surface area contributed by atoms with Crippen LogP contribution in [0.5, 0.6) is 0 Å². The molecule has 11 nitrogen and oxygen atoms in total. The zero-order chi connectivity index (χ0) is 67.4. The first-order chi connectivity index (χ1) is 45.7. The van der Waals surface area contributed by atoms with Crippen molar-refractivity contribution in [1.82, 2.24) is 5.32 Å². The molecule has 0 aromatic heterocycles. The van der Waals surface area contributed by atoms with Crippen molar-refractivity contribution in [2.75, 3.05) is 13.2 Å². The fraction of sp³-hybridized carbons (Fsp3) is 0.707. The van der Waals surface area contributed by atoms with E-state index in [1.807, 2.05) is 6.08 Å². The maximum Gasteiger partial charge on any atom is 0.306 e. The van der Waals surface area contributed by atoms with Crippen LogP contribution in [0.25, 0.3) is 0 Å². The van der Waals surface area contributed by atoms with Gasteiger partial charge in [0.2, 0.25) is 5.91 Å². The van der Waals surface area contributed by atoms with Crippen molar-refractivity contribution >= 4 is 11.9 Å². The molecule has 8 unspecified atom stereocenters. The molecule has 0 spiro atoms. The van der Waals surface area contributed by atoms with Crippen molar-refractivity contribution in [3.8, 4) is 0 Å². The molecular weight excluding hydrogens is 1160 g/mol. The third kappa shape index (κ3) is 54.6. The van der Waals surface area contributed by atoms with E-state index in [1.165, 1.54) is 122 Å². The van der Waals surface area contributed by atoms with Crippen molar-refractivity contribution in [3.05, 3.63) is 134 Å². The van der Waals surface area contributed by atoms with E-state index < -0.39 is 67.4 Å². The normalized spacial score (nSPS) is 18.6. The van der Waals surface area contributed by atoms with Gasteiger partial charge in [-0.3, -0.25) is 9.59 Å². The first kappa shape index (κ1) is 86.8. The number of hydrogen-bond donors (Lipinski definition) is 6. The summed E-state index contributed by atoms with van der Waals surface area (Å²) in [6.07, 6.45) is 86.2. The van der Waals surface area contributed by atoms with E-state index in [-0.39, 0.29) is 19.4 Å². The van der Waals surface area contributed by atoms with Crippen molar-refractivity contribution < 1.29 is 49.3 Å². The molecule has 0 radical (unpaired) electrons. The molecule has 1 heterocycles. The second-order valence-electron chi connectivity index (χ2n) is 25.6. The van der Waals surface area contributed by atoms with Crippen molar-refractivity contribution in [2.24, 2.45) is 0 Å². The summed E-state index contributed by atoms with van der Waals surface area (Å²) in [5, 5.41) is 57.4. The number of nitrogens with one attached hydrogen (secondary N) is 1. The van der Waals surface area contributed by atoms with Gasteiger partial charge in [0.1, 0.15) is 24.4 Å². The lowest BCUT2D eigenvalue weighted by molar-refractivity contribution is -0.305. The number of aliphatic hydroxyl groups excluding tert-OH is 5. The SMILES string of the molecule is CC/C=C\C/C=C\C/C=C\C/C=C\C/C=C\CCCCCCCCCCCCC(O)C(=O)NC(COC1OC(CO)C(O)C(O)C1OC(=O)CCCCCCCCCCC/C=C\C/C=C\C/C=C\C/C=C\C/C=C\CC)C(O)/C=C/CCCCCCCCCCCCC. The van der Waals surface area contributed by atoms with E-state index >= 15 is 0 Å². The number of allylic oxidation sites excluding steroid dienone is 21. The highest BCUT2D eigenvalue weighted by molar-refractivity contribution is 5.80. The van der Waals surface area contributed by atoms with Crippen LogP contribution in [0, 0.1) is 0 Å². The number of rotatable bonds is 64. The Morgan fingerprint density at radius 3 is 1.16 bits per heavy atom. The lowest BCUT2D eigenvalue weighted by atomic mass is 9.99. The van der Waals surface area contributed by atoms with Gasteiger partial charge in [0.15, 0.2) is 12.4 Å². The Hall–Kier alpha value is -4.20. The van der Waals surface area contributed by atoms with Gasteiger partial charge in [-0.1, -0.05) is 321 Å². The molecule has 0 saturated carbocycles. The summed E-state index contributed by atoms with van der Waals surface area (Å²) in [5.74, 6) is -1.21. The lowest BCUT2D eigenvalue weighted by Crippen LogP contribution is -2.61. The van der Waals surface area contributed by atoms with Crippen LogP contribution < -0.4 is 5.32 Å². The molecule has 1 fully saturated rings. The zero-order valence-corrected chi connectivity index (χ0v) is 59.3. The van der Waals surface area contributed by atoms with Crippen molar-refractivity contribution in [3.63, 3.8) is 0 Å². The molecule has 8 atom stereocenters.